The van der Waals surface area contributed by atoms with Gasteiger partial charge in [0, 0.05) is 36.6 Å². The zero-order chi connectivity index (χ0) is 27.0. The highest BCUT2D eigenvalue weighted by molar-refractivity contribution is 7.90. The molecule has 2 aromatic carbocycles. The number of amides is 1. The van der Waals surface area contributed by atoms with E-state index in [-0.39, 0.29) is 23.5 Å². The van der Waals surface area contributed by atoms with E-state index in [0.717, 1.165) is 22.9 Å². The highest BCUT2D eigenvalue weighted by atomic mass is 32.2. The summed E-state index contributed by atoms with van der Waals surface area (Å²) in [6, 6.07) is 16.6. The van der Waals surface area contributed by atoms with Gasteiger partial charge in [-0.1, -0.05) is 49.4 Å². The minimum Gasteiger partial charge on any atom is -0.480 e. The Bertz CT molecular complexity index is 1360. The second-order valence-corrected chi connectivity index (χ2v) is 11.2. The number of carboxylic acid groups (broad SMARTS) is 1. The van der Waals surface area contributed by atoms with Crippen molar-refractivity contribution in [3.05, 3.63) is 89.7 Å². The Morgan fingerprint density at radius 3 is 2.35 bits per heavy atom. The maximum atomic E-state index is 13.2. The number of aliphatic carboxylic acids is 1. The first kappa shape index (κ1) is 27.7. The van der Waals surface area contributed by atoms with Gasteiger partial charge in [-0.15, -0.1) is 0 Å². The van der Waals surface area contributed by atoms with Gasteiger partial charge in [0.25, 0.3) is 5.91 Å². The van der Waals surface area contributed by atoms with Crippen molar-refractivity contribution in [3.63, 3.8) is 0 Å². The lowest BCUT2D eigenvalue weighted by molar-refractivity contribution is -0.139. The Kier molecular flexibility index (Phi) is 9.30. The number of nitrogens with zero attached hydrogens (tertiary/aromatic N) is 1. The van der Waals surface area contributed by atoms with Gasteiger partial charge < -0.3 is 10.4 Å². The molecular weight excluding hydrogens is 492 g/mol. The number of rotatable bonds is 12. The van der Waals surface area contributed by atoms with Crippen LogP contribution in [0.5, 0.6) is 0 Å². The zero-order valence-corrected chi connectivity index (χ0v) is 21.6. The van der Waals surface area contributed by atoms with Crippen molar-refractivity contribution in [1.82, 2.24) is 10.3 Å². The molecule has 1 amide bonds. The molecule has 0 aliphatic heterocycles. The Morgan fingerprint density at radius 1 is 1.03 bits per heavy atom. The Labute approximate surface area is 216 Å². The van der Waals surface area contributed by atoms with Gasteiger partial charge in [0.2, 0.25) is 0 Å². The van der Waals surface area contributed by atoms with E-state index < -0.39 is 33.7 Å². The molecular formula is C28H30N2O6S. The topological polar surface area (TPSA) is 130 Å². The monoisotopic (exact) mass is 522 g/mol. The van der Waals surface area contributed by atoms with E-state index in [1.54, 1.807) is 37.5 Å². The number of hydrogen-bond acceptors (Lipinski definition) is 6. The fourth-order valence-electron chi connectivity index (χ4n) is 4.08. The van der Waals surface area contributed by atoms with Crippen molar-refractivity contribution in [2.45, 2.75) is 38.1 Å². The number of carbonyl (C=O) groups is 3. The van der Waals surface area contributed by atoms with Gasteiger partial charge in [-0.3, -0.25) is 14.6 Å². The molecule has 0 spiro atoms. The van der Waals surface area contributed by atoms with Gasteiger partial charge in [-0.05, 0) is 53.3 Å². The first-order valence-corrected chi connectivity index (χ1v) is 14.0. The lowest BCUT2D eigenvalue weighted by Crippen LogP contribution is -2.42. The number of carbonyl (C=O) groups excluding carboxylic acids is 2. The lowest BCUT2D eigenvalue weighted by Gasteiger charge is -2.20. The van der Waals surface area contributed by atoms with Gasteiger partial charge in [0.05, 0.1) is 5.75 Å². The number of aromatic nitrogens is 1. The van der Waals surface area contributed by atoms with Crippen LogP contribution in [0.25, 0.3) is 11.1 Å². The van der Waals surface area contributed by atoms with Gasteiger partial charge >= 0.3 is 5.97 Å². The van der Waals surface area contributed by atoms with Crippen LogP contribution >= 0.6 is 0 Å². The minimum atomic E-state index is -3.41. The maximum Gasteiger partial charge on any atom is 0.326 e. The smallest absolute Gasteiger partial charge is 0.326 e. The standard InChI is InChI=1S/C28H30N2O6S/c1-3-26(31)24(16-19-8-7-14-29-18-19)21-11-12-22(23(17-21)20-9-5-4-6-10-20)27(32)30-25(28(33)34)13-15-37(2,35)36/h4-12,14,17-18,24-25H,3,13,15-16H2,1-2H3,(H,30,32)(H,33,34). The van der Waals surface area contributed by atoms with E-state index in [9.17, 15) is 27.9 Å². The molecule has 3 aromatic rings. The molecule has 0 aliphatic carbocycles. The minimum absolute atomic E-state index is 0.0479. The quantitative estimate of drug-likeness (QED) is 0.371. The molecule has 37 heavy (non-hydrogen) atoms. The van der Waals surface area contributed by atoms with Crippen molar-refractivity contribution in [2.75, 3.05) is 12.0 Å². The number of benzene rings is 2. The molecule has 1 heterocycles. The summed E-state index contributed by atoms with van der Waals surface area (Å²) in [5.41, 5.74) is 3.14. The Hall–Kier alpha value is -3.85. The SMILES string of the molecule is CCC(=O)C(Cc1cccnc1)c1ccc(C(=O)NC(CCS(C)(=O)=O)C(=O)O)c(-c2ccccc2)c1. The van der Waals surface area contributed by atoms with Gasteiger partial charge in [-0.2, -0.15) is 0 Å². The van der Waals surface area contributed by atoms with Crippen LogP contribution in [-0.4, -0.2) is 54.2 Å². The largest absolute Gasteiger partial charge is 0.480 e. The third kappa shape index (κ3) is 7.82. The molecule has 0 bridgehead atoms. The van der Waals surface area contributed by atoms with Crippen LogP contribution in [0.1, 0.15) is 47.2 Å². The van der Waals surface area contributed by atoms with Crippen molar-refractivity contribution in [1.29, 1.82) is 0 Å². The Morgan fingerprint density at radius 2 is 1.76 bits per heavy atom. The molecule has 2 N–H and O–H groups in total. The second kappa shape index (κ2) is 12.4. The highest BCUT2D eigenvalue weighted by Gasteiger charge is 2.26. The summed E-state index contributed by atoms with van der Waals surface area (Å²) in [5.74, 6) is -2.73. The predicted octanol–water partition coefficient (Wildman–Crippen LogP) is 3.67. The number of ketones is 1. The van der Waals surface area contributed by atoms with Gasteiger partial charge in [-0.25, -0.2) is 13.2 Å². The normalized spacial score (nSPS) is 12.9. The summed E-state index contributed by atoms with van der Waals surface area (Å²) in [4.78, 5) is 42.0. The average Bonchev–Trinajstić information content (AvgIpc) is 2.89. The summed E-state index contributed by atoms with van der Waals surface area (Å²) in [5, 5.41) is 12.0. The van der Waals surface area contributed by atoms with E-state index in [1.807, 2.05) is 42.5 Å². The molecule has 0 radical (unpaired) electrons. The van der Waals surface area contributed by atoms with E-state index in [2.05, 4.69) is 10.3 Å². The maximum absolute atomic E-state index is 13.2. The van der Waals surface area contributed by atoms with Gasteiger partial charge in [0.1, 0.15) is 21.7 Å². The number of pyridine rings is 1. The van der Waals surface area contributed by atoms with Crippen molar-refractivity contribution in [3.8, 4) is 11.1 Å². The molecule has 9 heteroatoms. The first-order valence-electron chi connectivity index (χ1n) is 11.9. The number of nitrogens with one attached hydrogen (secondary N) is 1. The van der Waals surface area contributed by atoms with Crippen LogP contribution in [0.2, 0.25) is 0 Å². The van der Waals surface area contributed by atoms with E-state index >= 15 is 0 Å². The molecule has 0 saturated carbocycles. The fraction of sp³-hybridized carbons (Fsp3) is 0.286. The van der Waals surface area contributed by atoms with Crippen molar-refractivity contribution < 1.29 is 27.9 Å². The molecule has 0 fully saturated rings. The van der Waals surface area contributed by atoms with Crippen LogP contribution in [-0.2, 0) is 25.8 Å². The lowest BCUT2D eigenvalue weighted by atomic mass is 9.85. The van der Waals surface area contributed by atoms with Crippen molar-refractivity contribution in [2.24, 2.45) is 0 Å². The highest BCUT2D eigenvalue weighted by Crippen LogP contribution is 2.31. The van der Waals surface area contributed by atoms with Crippen LogP contribution < -0.4 is 5.32 Å². The third-order valence-corrected chi connectivity index (χ3v) is 7.03. The van der Waals surface area contributed by atoms with Crippen LogP contribution in [0.15, 0.2) is 73.1 Å². The van der Waals surface area contributed by atoms with E-state index in [4.69, 9.17) is 0 Å². The average molecular weight is 523 g/mol. The third-order valence-electron chi connectivity index (χ3n) is 6.06. The van der Waals surface area contributed by atoms with E-state index in [1.165, 1.54) is 0 Å². The number of hydrogen-bond donors (Lipinski definition) is 2. The first-order chi connectivity index (χ1) is 17.6. The van der Waals surface area contributed by atoms with Gasteiger partial charge in [0.15, 0.2) is 0 Å². The molecule has 2 unspecified atom stereocenters. The molecule has 194 valence electrons. The summed E-state index contributed by atoms with van der Waals surface area (Å²) in [6.07, 6.45) is 4.94. The molecule has 1 aromatic heterocycles. The number of Topliss-reactive ketones (excluding diaryl/α,β-unsaturated/α-hetero) is 1. The summed E-state index contributed by atoms with van der Waals surface area (Å²) < 4.78 is 23.1. The van der Waals surface area contributed by atoms with Crippen LogP contribution in [0.4, 0.5) is 0 Å². The Balaban J connectivity index is 2.01. The fourth-order valence-corrected chi connectivity index (χ4v) is 4.74. The summed E-state index contributed by atoms with van der Waals surface area (Å²) in [7, 11) is -3.41. The van der Waals surface area contributed by atoms with Crippen LogP contribution in [0, 0.1) is 0 Å². The number of carboxylic acids is 1. The predicted molar refractivity (Wildman–Crippen MR) is 141 cm³/mol. The molecule has 0 saturated heterocycles. The summed E-state index contributed by atoms with van der Waals surface area (Å²) >= 11 is 0. The van der Waals surface area contributed by atoms with Crippen molar-refractivity contribution >= 4 is 27.5 Å². The number of sulfone groups is 1. The summed E-state index contributed by atoms with van der Waals surface area (Å²) in [6.45, 7) is 1.81. The molecule has 8 nitrogen and oxygen atoms in total. The molecule has 0 aliphatic rings. The second-order valence-electron chi connectivity index (χ2n) is 8.89. The zero-order valence-electron chi connectivity index (χ0n) is 20.8. The molecule has 3 rings (SSSR count). The van der Waals surface area contributed by atoms with E-state index in [0.29, 0.717) is 18.4 Å². The van der Waals surface area contributed by atoms with Crippen LogP contribution in [0.3, 0.4) is 0 Å². The molecule has 2 atom stereocenters.